The summed E-state index contributed by atoms with van der Waals surface area (Å²) in [7, 11) is 0. The number of thiophene rings is 1. The maximum Gasteiger partial charge on any atom is 0.267 e. The number of benzene rings is 1. The predicted octanol–water partition coefficient (Wildman–Crippen LogP) is 5.31. The number of carbonyl (C=O) groups is 1. The van der Waals surface area contributed by atoms with Crippen LogP contribution in [-0.4, -0.2) is 20.8 Å². The van der Waals surface area contributed by atoms with Gasteiger partial charge < -0.3 is 9.84 Å². The first-order chi connectivity index (χ1) is 12.9. The number of hydrogen-bond acceptors (Lipinski definition) is 5. The van der Waals surface area contributed by atoms with E-state index in [1.165, 1.54) is 11.3 Å². The molecule has 1 amide bonds. The summed E-state index contributed by atoms with van der Waals surface area (Å²) < 4.78 is 6.79. The molecule has 6 nitrogen and oxygen atoms in total. The average Bonchev–Trinajstić information content (AvgIpc) is 3.29. The molecule has 1 aromatic carbocycles. The van der Waals surface area contributed by atoms with Crippen molar-refractivity contribution in [3.8, 4) is 0 Å². The van der Waals surface area contributed by atoms with Crippen molar-refractivity contribution in [3.63, 3.8) is 0 Å². The lowest BCUT2D eigenvalue weighted by molar-refractivity contribution is 0.102. The van der Waals surface area contributed by atoms with E-state index in [1.54, 1.807) is 31.2 Å². The van der Waals surface area contributed by atoms with Crippen LogP contribution in [0.25, 0.3) is 10.2 Å². The SMILES string of the molecule is Cc1cc(NC(=O)c2cc3c(C)nn(Cc4c(Cl)cccc4Cl)c3s2)no1. The van der Waals surface area contributed by atoms with Crippen LogP contribution in [0.3, 0.4) is 0 Å². The van der Waals surface area contributed by atoms with Crippen LogP contribution in [0, 0.1) is 13.8 Å². The summed E-state index contributed by atoms with van der Waals surface area (Å²) >= 11 is 13.9. The molecule has 0 aliphatic carbocycles. The summed E-state index contributed by atoms with van der Waals surface area (Å²) in [6, 6.07) is 8.89. The van der Waals surface area contributed by atoms with Crippen LogP contribution >= 0.6 is 34.5 Å². The van der Waals surface area contributed by atoms with E-state index in [2.05, 4.69) is 15.6 Å². The maximum atomic E-state index is 12.5. The zero-order chi connectivity index (χ0) is 19.1. The van der Waals surface area contributed by atoms with Gasteiger partial charge in [-0.1, -0.05) is 34.4 Å². The van der Waals surface area contributed by atoms with Crippen LogP contribution in [0.1, 0.15) is 26.7 Å². The van der Waals surface area contributed by atoms with Gasteiger partial charge in [0, 0.05) is 27.1 Å². The predicted molar refractivity (Wildman–Crippen MR) is 107 cm³/mol. The highest BCUT2D eigenvalue weighted by molar-refractivity contribution is 7.20. The number of carbonyl (C=O) groups excluding carboxylic acids is 1. The van der Waals surface area contributed by atoms with E-state index in [0.29, 0.717) is 33.0 Å². The van der Waals surface area contributed by atoms with E-state index in [4.69, 9.17) is 27.7 Å². The number of nitrogens with zero attached hydrogens (tertiary/aromatic N) is 3. The zero-order valence-electron chi connectivity index (χ0n) is 14.4. The van der Waals surface area contributed by atoms with E-state index >= 15 is 0 Å². The molecule has 0 atom stereocenters. The van der Waals surface area contributed by atoms with Crippen molar-refractivity contribution in [3.05, 3.63) is 62.3 Å². The Morgan fingerprint density at radius 1 is 1.26 bits per heavy atom. The molecule has 0 unspecified atom stereocenters. The molecule has 0 spiro atoms. The average molecular weight is 421 g/mol. The molecule has 0 aliphatic heterocycles. The van der Waals surface area contributed by atoms with E-state index in [9.17, 15) is 4.79 Å². The van der Waals surface area contributed by atoms with E-state index in [-0.39, 0.29) is 5.91 Å². The van der Waals surface area contributed by atoms with Gasteiger partial charge in [-0.3, -0.25) is 4.79 Å². The number of aromatic nitrogens is 3. The number of hydrogen-bond donors (Lipinski definition) is 1. The lowest BCUT2D eigenvalue weighted by Crippen LogP contribution is -2.10. The van der Waals surface area contributed by atoms with Crippen molar-refractivity contribution in [1.29, 1.82) is 0 Å². The Labute approximate surface area is 168 Å². The van der Waals surface area contributed by atoms with Gasteiger partial charge in [0.1, 0.15) is 10.6 Å². The molecule has 4 rings (SSSR count). The summed E-state index contributed by atoms with van der Waals surface area (Å²) in [5, 5.41) is 13.2. The van der Waals surface area contributed by atoms with Gasteiger partial charge >= 0.3 is 0 Å². The maximum absolute atomic E-state index is 12.5. The first-order valence-corrected chi connectivity index (χ1v) is 9.64. The second-order valence-electron chi connectivity index (χ2n) is 6.05. The number of rotatable bonds is 4. The molecule has 0 radical (unpaired) electrons. The smallest absolute Gasteiger partial charge is 0.267 e. The molecule has 0 fully saturated rings. The minimum atomic E-state index is -0.244. The minimum Gasteiger partial charge on any atom is -0.360 e. The number of nitrogens with one attached hydrogen (secondary N) is 1. The molecule has 0 saturated heterocycles. The van der Waals surface area contributed by atoms with Crippen LogP contribution in [-0.2, 0) is 6.54 Å². The Bertz CT molecular complexity index is 1140. The van der Waals surface area contributed by atoms with Crippen LogP contribution < -0.4 is 5.32 Å². The number of fused-ring (bicyclic) bond motifs is 1. The first-order valence-electron chi connectivity index (χ1n) is 8.07. The molecular weight excluding hydrogens is 407 g/mol. The number of halogens is 2. The summed E-state index contributed by atoms with van der Waals surface area (Å²) in [6.45, 7) is 4.09. The number of anilines is 1. The minimum absolute atomic E-state index is 0.244. The summed E-state index contributed by atoms with van der Waals surface area (Å²) in [4.78, 5) is 14.0. The summed E-state index contributed by atoms with van der Waals surface area (Å²) in [6.07, 6.45) is 0. The summed E-state index contributed by atoms with van der Waals surface area (Å²) in [5.74, 6) is 0.770. The zero-order valence-corrected chi connectivity index (χ0v) is 16.7. The number of amides is 1. The molecule has 0 saturated carbocycles. The first kappa shape index (κ1) is 18.0. The van der Waals surface area contributed by atoms with E-state index in [1.807, 2.05) is 17.7 Å². The fraction of sp³-hybridized carbons (Fsp3) is 0.167. The van der Waals surface area contributed by atoms with Gasteiger partial charge in [-0.25, -0.2) is 4.68 Å². The molecule has 0 bridgehead atoms. The molecule has 138 valence electrons. The Kier molecular flexibility index (Phi) is 4.67. The summed E-state index contributed by atoms with van der Waals surface area (Å²) in [5.41, 5.74) is 1.63. The van der Waals surface area contributed by atoms with Crippen LogP contribution in [0.2, 0.25) is 10.0 Å². The third kappa shape index (κ3) is 3.45. The van der Waals surface area contributed by atoms with Gasteiger partial charge in [-0.05, 0) is 32.0 Å². The van der Waals surface area contributed by atoms with Gasteiger partial charge in [0.15, 0.2) is 5.82 Å². The molecule has 3 heterocycles. The van der Waals surface area contributed by atoms with Crippen molar-refractivity contribution >= 4 is 56.5 Å². The van der Waals surface area contributed by atoms with Crippen LogP contribution in [0.5, 0.6) is 0 Å². The van der Waals surface area contributed by atoms with Gasteiger partial charge in [-0.15, -0.1) is 11.3 Å². The van der Waals surface area contributed by atoms with Gasteiger partial charge in [-0.2, -0.15) is 5.10 Å². The van der Waals surface area contributed by atoms with Crippen LogP contribution in [0.15, 0.2) is 34.9 Å². The van der Waals surface area contributed by atoms with Crippen LogP contribution in [0.4, 0.5) is 5.82 Å². The third-order valence-electron chi connectivity index (χ3n) is 4.07. The Balaban J connectivity index is 1.67. The lowest BCUT2D eigenvalue weighted by atomic mass is 10.2. The van der Waals surface area contributed by atoms with Crippen molar-refractivity contribution in [2.75, 3.05) is 5.32 Å². The molecule has 1 N–H and O–H groups in total. The van der Waals surface area contributed by atoms with Crippen molar-refractivity contribution < 1.29 is 9.32 Å². The van der Waals surface area contributed by atoms with Crippen molar-refractivity contribution in [1.82, 2.24) is 14.9 Å². The molecular formula is C18H14Cl2N4O2S. The normalized spacial score (nSPS) is 11.3. The van der Waals surface area contributed by atoms with E-state index < -0.39 is 0 Å². The fourth-order valence-corrected chi connectivity index (χ4v) is 4.34. The second kappa shape index (κ2) is 6.99. The van der Waals surface area contributed by atoms with Crippen molar-refractivity contribution in [2.24, 2.45) is 0 Å². The monoisotopic (exact) mass is 420 g/mol. The quantitative estimate of drug-likeness (QED) is 0.485. The lowest BCUT2D eigenvalue weighted by Gasteiger charge is -2.07. The van der Waals surface area contributed by atoms with E-state index in [0.717, 1.165) is 21.5 Å². The number of aryl methyl sites for hydroxylation is 2. The molecule has 27 heavy (non-hydrogen) atoms. The molecule has 4 aromatic rings. The van der Waals surface area contributed by atoms with Gasteiger partial charge in [0.05, 0.1) is 17.1 Å². The highest BCUT2D eigenvalue weighted by Gasteiger charge is 2.18. The van der Waals surface area contributed by atoms with Crippen molar-refractivity contribution in [2.45, 2.75) is 20.4 Å². The Morgan fingerprint density at radius 3 is 2.67 bits per heavy atom. The molecule has 0 aliphatic rings. The highest BCUT2D eigenvalue weighted by atomic mass is 35.5. The largest absolute Gasteiger partial charge is 0.360 e. The molecule has 3 aromatic heterocycles. The highest BCUT2D eigenvalue weighted by Crippen LogP contribution is 2.31. The second-order valence-corrected chi connectivity index (χ2v) is 7.89. The Hall–Kier alpha value is -2.35. The third-order valence-corrected chi connectivity index (χ3v) is 5.93. The fourth-order valence-electron chi connectivity index (χ4n) is 2.77. The standard InChI is InChI=1S/C18H14Cl2N4O2S/c1-9-6-16(23-26-9)21-17(25)15-7-11-10(2)22-24(18(11)27-15)8-12-13(19)4-3-5-14(12)20/h3-7H,8H2,1-2H3,(H,21,23,25). The van der Waals surface area contributed by atoms with Gasteiger partial charge in [0.25, 0.3) is 5.91 Å². The Morgan fingerprint density at radius 2 is 2.00 bits per heavy atom. The molecule has 9 heteroatoms. The topological polar surface area (TPSA) is 73.0 Å². The van der Waals surface area contributed by atoms with Gasteiger partial charge in [0.2, 0.25) is 0 Å².